The SMILES string of the molecule is CCNc1ncnc2sc3c(=O)n(/C=C/NC)cnc3c12. The highest BCUT2D eigenvalue weighted by Gasteiger charge is 2.15. The van der Waals surface area contributed by atoms with Crippen LogP contribution in [0, 0.1) is 0 Å². The summed E-state index contributed by atoms with van der Waals surface area (Å²) in [6.07, 6.45) is 6.31. The first kappa shape index (κ1) is 13.5. The van der Waals surface area contributed by atoms with E-state index >= 15 is 0 Å². The third kappa shape index (κ3) is 2.23. The molecule has 0 aromatic carbocycles. The molecular weight excluding hydrogens is 288 g/mol. The average molecular weight is 302 g/mol. The molecule has 0 aliphatic rings. The molecule has 0 radical (unpaired) electrons. The highest BCUT2D eigenvalue weighted by atomic mass is 32.1. The number of aromatic nitrogens is 4. The fourth-order valence-corrected chi connectivity index (χ4v) is 3.07. The largest absolute Gasteiger partial charge is 0.393 e. The second-order valence-electron chi connectivity index (χ2n) is 4.27. The first-order valence-electron chi connectivity index (χ1n) is 6.48. The summed E-state index contributed by atoms with van der Waals surface area (Å²) in [5.74, 6) is 0.712. The van der Waals surface area contributed by atoms with Crippen molar-refractivity contribution in [1.29, 1.82) is 0 Å². The van der Waals surface area contributed by atoms with Crippen LogP contribution in [0.5, 0.6) is 0 Å². The lowest BCUT2D eigenvalue weighted by Crippen LogP contribution is -2.15. The third-order valence-electron chi connectivity index (χ3n) is 2.95. The van der Waals surface area contributed by atoms with Crippen molar-refractivity contribution in [1.82, 2.24) is 24.8 Å². The molecule has 0 saturated carbocycles. The third-order valence-corrected chi connectivity index (χ3v) is 4.02. The Morgan fingerprint density at radius 3 is 3.00 bits per heavy atom. The molecule has 0 unspecified atom stereocenters. The second kappa shape index (κ2) is 5.49. The summed E-state index contributed by atoms with van der Waals surface area (Å²) >= 11 is 1.33. The van der Waals surface area contributed by atoms with E-state index < -0.39 is 0 Å². The van der Waals surface area contributed by atoms with Crippen molar-refractivity contribution in [2.24, 2.45) is 0 Å². The van der Waals surface area contributed by atoms with Gasteiger partial charge in [0.15, 0.2) is 0 Å². The van der Waals surface area contributed by atoms with Gasteiger partial charge in [0.2, 0.25) is 0 Å². The molecule has 0 spiro atoms. The maximum atomic E-state index is 12.5. The Kier molecular flexibility index (Phi) is 3.53. The molecule has 3 rings (SSSR count). The highest BCUT2D eigenvalue weighted by Crippen LogP contribution is 2.32. The van der Waals surface area contributed by atoms with Crippen LogP contribution >= 0.6 is 11.3 Å². The summed E-state index contributed by atoms with van der Waals surface area (Å²) in [4.78, 5) is 26.1. The molecule has 0 aliphatic carbocycles. The molecule has 21 heavy (non-hydrogen) atoms. The summed E-state index contributed by atoms with van der Waals surface area (Å²) in [5, 5.41) is 6.83. The maximum Gasteiger partial charge on any atom is 0.275 e. The van der Waals surface area contributed by atoms with Gasteiger partial charge in [-0.1, -0.05) is 0 Å². The van der Waals surface area contributed by atoms with E-state index in [9.17, 15) is 4.79 Å². The van der Waals surface area contributed by atoms with E-state index in [0.717, 1.165) is 16.8 Å². The number of anilines is 1. The minimum Gasteiger partial charge on any atom is -0.393 e. The van der Waals surface area contributed by atoms with E-state index in [1.165, 1.54) is 28.6 Å². The molecule has 0 aliphatic heterocycles. The molecule has 0 bridgehead atoms. The first-order valence-corrected chi connectivity index (χ1v) is 7.30. The molecule has 3 aromatic rings. The van der Waals surface area contributed by atoms with Crippen molar-refractivity contribution >= 4 is 43.8 Å². The van der Waals surface area contributed by atoms with Gasteiger partial charge in [-0.25, -0.2) is 15.0 Å². The van der Waals surface area contributed by atoms with Crippen LogP contribution in [-0.2, 0) is 0 Å². The van der Waals surface area contributed by atoms with Crippen molar-refractivity contribution in [3.8, 4) is 0 Å². The molecule has 0 fully saturated rings. The monoisotopic (exact) mass is 302 g/mol. The lowest BCUT2D eigenvalue weighted by atomic mass is 10.3. The van der Waals surface area contributed by atoms with Crippen LogP contribution in [0.2, 0.25) is 0 Å². The van der Waals surface area contributed by atoms with Gasteiger partial charge in [-0.3, -0.25) is 9.36 Å². The number of nitrogens with one attached hydrogen (secondary N) is 2. The Labute approximate surface area is 124 Å². The standard InChI is InChI=1S/C13H14N6OS/c1-3-15-11-8-9-10(21-12(8)17-6-16-11)13(20)19(7-18-9)5-4-14-2/h4-7,14H,3H2,1-2H3,(H,15,16,17)/b5-4+. The fraction of sp³-hybridized carbons (Fsp3) is 0.231. The van der Waals surface area contributed by atoms with Crippen LogP contribution < -0.4 is 16.2 Å². The zero-order valence-corrected chi connectivity index (χ0v) is 12.4. The van der Waals surface area contributed by atoms with Gasteiger partial charge in [-0.05, 0) is 6.92 Å². The van der Waals surface area contributed by atoms with Crippen LogP contribution in [0.15, 0.2) is 23.6 Å². The minimum absolute atomic E-state index is 0.114. The number of hydrogen-bond donors (Lipinski definition) is 2. The van der Waals surface area contributed by atoms with E-state index in [4.69, 9.17) is 0 Å². The molecule has 2 N–H and O–H groups in total. The van der Waals surface area contributed by atoms with Crippen molar-refractivity contribution in [3.63, 3.8) is 0 Å². The Hall–Kier alpha value is -2.48. The topological polar surface area (TPSA) is 84.7 Å². The summed E-state index contributed by atoms with van der Waals surface area (Å²) in [5.41, 5.74) is 0.530. The van der Waals surface area contributed by atoms with Gasteiger partial charge in [0.1, 0.15) is 33.5 Å². The van der Waals surface area contributed by atoms with Gasteiger partial charge in [0.25, 0.3) is 5.56 Å². The van der Waals surface area contributed by atoms with Gasteiger partial charge in [0, 0.05) is 26.0 Å². The maximum absolute atomic E-state index is 12.5. The van der Waals surface area contributed by atoms with E-state index in [1.807, 2.05) is 6.92 Å². The fourth-order valence-electron chi connectivity index (χ4n) is 2.04. The van der Waals surface area contributed by atoms with Crippen LogP contribution in [0.3, 0.4) is 0 Å². The molecule has 3 heterocycles. The highest BCUT2D eigenvalue weighted by molar-refractivity contribution is 7.25. The van der Waals surface area contributed by atoms with Gasteiger partial charge in [-0.15, -0.1) is 11.3 Å². The van der Waals surface area contributed by atoms with E-state index in [2.05, 4.69) is 25.6 Å². The minimum atomic E-state index is -0.114. The summed E-state index contributed by atoms with van der Waals surface area (Å²) < 4.78 is 2.02. The van der Waals surface area contributed by atoms with Gasteiger partial charge in [-0.2, -0.15) is 0 Å². The summed E-state index contributed by atoms with van der Waals surface area (Å²) in [6.45, 7) is 2.73. The van der Waals surface area contributed by atoms with E-state index in [-0.39, 0.29) is 5.56 Å². The number of thiophene rings is 1. The lowest BCUT2D eigenvalue weighted by Gasteiger charge is -2.03. The molecule has 3 aromatic heterocycles. The zero-order valence-electron chi connectivity index (χ0n) is 11.6. The van der Waals surface area contributed by atoms with Crippen molar-refractivity contribution in [2.75, 3.05) is 18.9 Å². The van der Waals surface area contributed by atoms with Gasteiger partial charge < -0.3 is 10.6 Å². The Balaban J connectivity index is 2.32. The number of rotatable bonds is 4. The first-order chi connectivity index (χ1) is 10.3. The van der Waals surface area contributed by atoms with Crippen LogP contribution in [0.25, 0.3) is 26.6 Å². The molecule has 0 saturated heterocycles. The number of fused-ring (bicyclic) bond motifs is 3. The van der Waals surface area contributed by atoms with Gasteiger partial charge in [0.05, 0.1) is 5.39 Å². The summed E-state index contributed by atoms with van der Waals surface area (Å²) in [7, 11) is 1.77. The molecule has 7 nitrogen and oxygen atoms in total. The van der Waals surface area contributed by atoms with Gasteiger partial charge >= 0.3 is 0 Å². The number of hydrogen-bond acceptors (Lipinski definition) is 7. The zero-order chi connectivity index (χ0) is 14.8. The van der Waals surface area contributed by atoms with Crippen LogP contribution in [-0.4, -0.2) is 33.1 Å². The lowest BCUT2D eigenvalue weighted by molar-refractivity contribution is 1.01. The van der Waals surface area contributed by atoms with E-state index in [1.54, 1.807) is 19.4 Å². The molecule has 8 heteroatoms. The molecule has 0 amide bonds. The van der Waals surface area contributed by atoms with Crippen LogP contribution in [0.4, 0.5) is 5.82 Å². The molecular formula is C13H14N6OS. The summed E-state index contributed by atoms with van der Waals surface area (Å²) in [6, 6.07) is 0. The van der Waals surface area contributed by atoms with Crippen molar-refractivity contribution < 1.29 is 0 Å². The van der Waals surface area contributed by atoms with Crippen molar-refractivity contribution in [3.05, 3.63) is 29.2 Å². The number of nitrogens with zero attached hydrogens (tertiary/aromatic N) is 4. The smallest absolute Gasteiger partial charge is 0.275 e. The second-order valence-corrected chi connectivity index (χ2v) is 5.27. The predicted octanol–water partition coefficient (Wildman–Crippen LogP) is 1.48. The normalized spacial score (nSPS) is 11.5. The quantitative estimate of drug-likeness (QED) is 0.759. The Morgan fingerprint density at radius 2 is 2.24 bits per heavy atom. The average Bonchev–Trinajstić information content (AvgIpc) is 2.87. The van der Waals surface area contributed by atoms with Crippen LogP contribution in [0.1, 0.15) is 6.92 Å². The molecule has 0 atom stereocenters. The van der Waals surface area contributed by atoms with Crippen molar-refractivity contribution in [2.45, 2.75) is 6.92 Å². The Morgan fingerprint density at radius 1 is 1.38 bits per heavy atom. The molecule has 108 valence electrons. The van der Waals surface area contributed by atoms with E-state index in [0.29, 0.717) is 16.0 Å². The predicted molar refractivity (Wildman–Crippen MR) is 85.5 cm³/mol. The Bertz CT molecular complexity index is 881.